The topological polar surface area (TPSA) is 63.6 Å². The van der Waals surface area contributed by atoms with Crippen molar-refractivity contribution in [1.82, 2.24) is 0 Å². The molecule has 0 bridgehead atoms. The molecule has 0 aromatic heterocycles. The van der Waals surface area contributed by atoms with E-state index in [1.165, 1.54) is 0 Å². The molecule has 0 rings (SSSR count). The predicted octanol–water partition coefficient (Wildman–Crippen LogP) is 2.66. The van der Waals surface area contributed by atoms with Crippen molar-refractivity contribution >= 4 is 10.4 Å². The monoisotopic (exact) mass is 238 g/mol. The van der Waals surface area contributed by atoms with E-state index in [4.69, 9.17) is 4.55 Å². The van der Waals surface area contributed by atoms with Crippen molar-refractivity contribution in [1.29, 1.82) is 0 Å². The summed E-state index contributed by atoms with van der Waals surface area (Å²) in [6.07, 6.45) is 1.83. The summed E-state index contributed by atoms with van der Waals surface area (Å²) in [5.41, 5.74) is -0.0293. The average molecular weight is 238 g/mol. The zero-order valence-electron chi connectivity index (χ0n) is 10.2. The molecule has 0 heterocycles. The first-order chi connectivity index (χ1) is 6.41. The molecule has 0 spiro atoms. The maximum absolute atomic E-state index is 10.4. The highest BCUT2D eigenvalue weighted by molar-refractivity contribution is 7.80. The molecular weight excluding hydrogens is 216 g/mol. The molecule has 1 N–H and O–H groups in total. The third-order valence-corrected chi connectivity index (χ3v) is 2.57. The summed E-state index contributed by atoms with van der Waals surface area (Å²) in [6, 6.07) is 0. The van der Waals surface area contributed by atoms with Crippen LogP contribution in [-0.4, -0.2) is 19.6 Å². The Bertz CT molecular complexity index is 285. The third kappa shape index (κ3) is 10.2. The smallest absolute Gasteiger partial charge is 0.264 e. The van der Waals surface area contributed by atoms with Crippen molar-refractivity contribution in [2.45, 2.75) is 47.5 Å². The molecule has 0 atom stereocenters. The SMILES string of the molecule is CC(C)(C)CCC(C)(C)COS(=O)(=O)O. The van der Waals surface area contributed by atoms with Gasteiger partial charge in [-0.3, -0.25) is 4.55 Å². The lowest BCUT2D eigenvalue weighted by atomic mass is 9.81. The molecule has 0 fully saturated rings. The molecular formula is C10H22O4S. The maximum atomic E-state index is 10.4. The Kier molecular flexibility index (Phi) is 4.76. The van der Waals surface area contributed by atoms with Gasteiger partial charge in [0.05, 0.1) is 6.61 Å². The van der Waals surface area contributed by atoms with E-state index in [0.29, 0.717) is 0 Å². The van der Waals surface area contributed by atoms with Crippen LogP contribution in [0.3, 0.4) is 0 Å². The molecule has 0 aliphatic carbocycles. The molecule has 0 aliphatic heterocycles. The van der Waals surface area contributed by atoms with Crippen LogP contribution >= 0.6 is 0 Å². The zero-order chi connectivity index (χ0) is 12.3. The molecule has 5 heteroatoms. The van der Waals surface area contributed by atoms with Gasteiger partial charge in [-0.05, 0) is 23.7 Å². The third-order valence-electron chi connectivity index (χ3n) is 2.15. The van der Waals surface area contributed by atoms with E-state index in [2.05, 4.69) is 25.0 Å². The first-order valence-corrected chi connectivity index (χ1v) is 6.40. The van der Waals surface area contributed by atoms with Crippen molar-refractivity contribution < 1.29 is 17.2 Å². The number of hydrogen-bond acceptors (Lipinski definition) is 3. The second kappa shape index (κ2) is 4.80. The Hall–Kier alpha value is -0.130. The van der Waals surface area contributed by atoms with Crippen LogP contribution in [-0.2, 0) is 14.6 Å². The molecule has 0 aromatic carbocycles. The summed E-state index contributed by atoms with van der Waals surface area (Å²) >= 11 is 0. The Morgan fingerprint density at radius 3 is 1.87 bits per heavy atom. The second-order valence-corrected chi connectivity index (χ2v) is 7.01. The van der Waals surface area contributed by atoms with Crippen LogP contribution in [0.25, 0.3) is 0 Å². The Morgan fingerprint density at radius 2 is 1.53 bits per heavy atom. The normalized spacial score (nSPS) is 14.3. The van der Waals surface area contributed by atoms with Gasteiger partial charge in [0.1, 0.15) is 0 Å². The van der Waals surface area contributed by atoms with Gasteiger partial charge in [0.25, 0.3) is 0 Å². The number of rotatable bonds is 5. The van der Waals surface area contributed by atoms with Crippen molar-refractivity contribution in [3.8, 4) is 0 Å². The molecule has 0 saturated heterocycles. The zero-order valence-corrected chi connectivity index (χ0v) is 11.0. The van der Waals surface area contributed by atoms with Crippen LogP contribution in [0.5, 0.6) is 0 Å². The van der Waals surface area contributed by atoms with Crippen molar-refractivity contribution in [3.63, 3.8) is 0 Å². The van der Waals surface area contributed by atoms with E-state index in [9.17, 15) is 8.42 Å². The van der Waals surface area contributed by atoms with Crippen LogP contribution in [0, 0.1) is 10.8 Å². The Balaban J connectivity index is 4.09. The van der Waals surface area contributed by atoms with Crippen LogP contribution in [0.15, 0.2) is 0 Å². The van der Waals surface area contributed by atoms with Crippen molar-refractivity contribution in [3.05, 3.63) is 0 Å². The van der Waals surface area contributed by atoms with Gasteiger partial charge in [-0.25, -0.2) is 4.18 Å². The fourth-order valence-electron chi connectivity index (χ4n) is 1.02. The molecule has 0 amide bonds. The molecule has 0 radical (unpaired) electrons. The molecule has 0 unspecified atom stereocenters. The minimum atomic E-state index is -4.31. The van der Waals surface area contributed by atoms with Gasteiger partial charge in [0.15, 0.2) is 0 Å². The van der Waals surface area contributed by atoms with Gasteiger partial charge in [-0.2, -0.15) is 8.42 Å². The Labute approximate surface area is 93.0 Å². The fraction of sp³-hybridized carbons (Fsp3) is 1.00. The molecule has 0 aliphatic rings. The second-order valence-electron chi connectivity index (χ2n) is 5.91. The van der Waals surface area contributed by atoms with Gasteiger partial charge in [0.2, 0.25) is 0 Å². The Morgan fingerprint density at radius 1 is 1.07 bits per heavy atom. The molecule has 4 nitrogen and oxygen atoms in total. The average Bonchev–Trinajstić information content (AvgIpc) is 1.96. The highest BCUT2D eigenvalue weighted by Crippen LogP contribution is 2.30. The lowest BCUT2D eigenvalue weighted by molar-refractivity contribution is 0.142. The van der Waals surface area contributed by atoms with Gasteiger partial charge in [-0.1, -0.05) is 34.6 Å². The summed E-state index contributed by atoms with van der Waals surface area (Å²) in [4.78, 5) is 0. The van der Waals surface area contributed by atoms with E-state index in [0.717, 1.165) is 12.8 Å². The highest BCUT2D eigenvalue weighted by atomic mass is 32.3. The highest BCUT2D eigenvalue weighted by Gasteiger charge is 2.24. The van der Waals surface area contributed by atoms with Gasteiger partial charge < -0.3 is 0 Å². The molecule has 92 valence electrons. The number of hydrogen-bond donors (Lipinski definition) is 1. The lowest BCUT2D eigenvalue weighted by Gasteiger charge is -2.27. The van der Waals surface area contributed by atoms with E-state index in [1.807, 2.05) is 13.8 Å². The molecule has 0 saturated carbocycles. The van der Waals surface area contributed by atoms with E-state index in [-0.39, 0.29) is 17.4 Å². The maximum Gasteiger partial charge on any atom is 0.397 e. The fourth-order valence-corrected chi connectivity index (χ4v) is 1.49. The first kappa shape index (κ1) is 14.9. The predicted molar refractivity (Wildman–Crippen MR) is 60.0 cm³/mol. The van der Waals surface area contributed by atoms with Crippen LogP contribution in [0.4, 0.5) is 0 Å². The van der Waals surface area contributed by atoms with Gasteiger partial charge >= 0.3 is 10.4 Å². The first-order valence-electron chi connectivity index (χ1n) is 5.03. The summed E-state index contributed by atoms with van der Waals surface area (Å²) in [5, 5.41) is 0. The summed E-state index contributed by atoms with van der Waals surface area (Å²) in [7, 11) is -4.31. The van der Waals surface area contributed by atoms with E-state index >= 15 is 0 Å². The van der Waals surface area contributed by atoms with Crippen molar-refractivity contribution in [2.75, 3.05) is 6.61 Å². The molecule has 15 heavy (non-hydrogen) atoms. The van der Waals surface area contributed by atoms with Crippen LogP contribution in [0.1, 0.15) is 47.5 Å². The van der Waals surface area contributed by atoms with Gasteiger partial charge in [-0.15, -0.1) is 0 Å². The van der Waals surface area contributed by atoms with Crippen LogP contribution < -0.4 is 0 Å². The quantitative estimate of drug-likeness (QED) is 0.748. The molecule has 0 aromatic rings. The van der Waals surface area contributed by atoms with Crippen molar-refractivity contribution in [2.24, 2.45) is 10.8 Å². The van der Waals surface area contributed by atoms with Gasteiger partial charge in [0, 0.05) is 0 Å². The largest absolute Gasteiger partial charge is 0.397 e. The minimum Gasteiger partial charge on any atom is -0.264 e. The van der Waals surface area contributed by atoms with Crippen LogP contribution in [0.2, 0.25) is 0 Å². The summed E-state index contributed by atoms with van der Waals surface area (Å²) < 4.78 is 33.7. The van der Waals surface area contributed by atoms with E-state index < -0.39 is 10.4 Å². The minimum absolute atomic E-state index is 0.0158. The van der Waals surface area contributed by atoms with E-state index in [1.54, 1.807) is 0 Å². The summed E-state index contributed by atoms with van der Waals surface area (Å²) in [5.74, 6) is 0. The standard InChI is InChI=1S/C10H22O4S/c1-9(2,3)6-7-10(4,5)8-14-15(11,12)13/h6-8H2,1-5H3,(H,11,12,13). The summed E-state index contributed by atoms with van der Waals surface area (Å²) in [6.45, 7) is 10.3. The lowest BCUT2D eigenvalue weighted by Crippen LogP contribution is -2.23.